The lowest BCUT2D eigenvalue weighted by molar-refractivity contribution is -0.149. The van der Waals surface area contributed by atoms with Gasteiger partial charge in [-0.2, -0.15) is 0 Å². The van der Waals surface area contributed by atoms with Crippen LogP contribution in [0.15, 0.2) is 0 Å². The normalized spacial score (nSPS) is 12.6. The fourth-order valence-electron chi connectivity index (χ4n) is 1.94. The SMILES string of the molecule is COC(=O)[C@H](CC(=O)N(C)CCC(C)C)CC(C)C. The average Bonchev–Trinajstić information content (AvgIpc) is 2.33. The molecule has 0 aliphatic rings. The summed E-state index contributed by atoms with van der Waals surface area (Å²) in [6.45, 7) is 9.10. The van der Waals surface area contributed by atoms with E-state index in [0.717, 1.165) is 13.0 Å². The molecule has 0 saturated heterocycles. The first kappa shape index (κ1) is 17.9. The summed E-state index contributed by atoms with van der Waals surface area (Å²) >= 11 is 0. The number of carbonyl (C=O) groups excluding carboxylic acids is 2. The molecule has 0 unspecified atom stereocenters. The third-order valence-electron chi connectivity index (χ3n) is 3.18. The second-order valence-corrected chi connectivity index (χ2v) is 6.05. The molecule has 0 saturated carbocycles. The number of nitrogens with zero attached hydrogens (tertiary/aromatic N) is 1. The van der Waals surface area contributed by atoms with Crippen molar-refractivity contribution in [1.82, 2.24) is 4.90 Å². The van der Waals surface area contributed by atoms with Gasteiger partial charge in [0.15, 0.2) is 0 Å². The first-order chi connectivity index (χ1) is 8.77. The molecule has 0 aliphatic heterocycles. The second kappa shape index (κ2) is 8.94. The Hall–Kier alpha value is -1.06. The summed E-state index contributed by atoms with van der Waals surface area (Å²) in [5, 5.41) is 0. The summed E-state index contributed by atoms with van der Waals surface area (Å²) < 4.78 is 4.78. The lowest BCUT2D eigenvalue weighted by Gasteiger charge is -2.22. The zero-order valence-electron chi connectivity index (χ0n) is 13.2. The number of carbonyl (C=O) groups is 2. The number of rotatable bonds is 8. The molecule has 0 aromatic heterocycles. The highest BCUT2D eigenvalue weighted by molar-refractivity contribution is 5.82. The number of hydrogen-bond donors (Lipinski definition) is 0. The summed E-state index contributed by atoms with van der Waals surface area (Å²) in [5.41, 5.74) is 0. The predicted molar refractivity (Wildman–Crippen MR) is 76.7 cm³/mol. The van der Waals surface area contributed by atoms with Crippen LogP contribution in [0.1, 0.15) is 47.0 Å². The van der Waals surface area contributed by atoms with Crippen LogP contribution in [0.25, 0.3) is 0 Å². The van der Waals surface area contributed by atoms with Gasteiger partial charge in [-0.25, -0.2) is 0 Å². The molecule has 0 aliphatic carbocycles. The van der Waals surface area contributed by atoms with E-state index in [9.17, 15) is 9.59 Å². The molecule has 1 amide bonds. The number of methoxy groups -OCH3 is 1. The van der Waals surface area contributed by atoms with Crippen LogP contribution in [0.5, 0.6) is 0 Å². The van der Waals surface area contributed by atoms with E-state index in [1.807, 2.05) is 13.8 Å². The molecule has 0 N–H and O–H groups in total. The lowest BCUT2D eigenvalue weighted by atomic mass is 9.93. The minimum atomic E-state index is -0.320. The lowest BCUT2D eigenvalue weighted by Crippen LogP contribution is -2.32. The molecular formula is C15H29NO3. The van der Waals surface area contributed by atoms with Crippen molar-refractivity contribution < 1.29 is 14.3 Å². The van der Waals surface area contributed by atoms with E-state index < -0.39 is 0 Å². The smallest absolute Gasteiger partial charge is 0.309 e. The van der Waals surface area contributed by atoms with Crippen molar-refractivity contribution in [3.8, 4) is 0 Å². The summed E-state index contributed by atoms with van der Waals surface area (Å²) in [4.78, 5) is 25.5. The third-order valence-corrected chi connectivity index (χ3v) is 3.18. The summed E-state index contributed by atoms with van der Waals surface area (Å²) in [6, 6.07) is 0. The van der Waals surface area contributed by atoms with E-state index in [0.29, 0.717) is 18.3 Å². The number of hydrogen-bond acceptors (Lipinski definition) is 3. The Morgan fingerprint density at radius 2 is 1.68 bits per heavy atom. The summed E-state index contributed by atoms with van der Waals surface area (Å²) in [5.74, 6) is 0.371. The molecule has 0 aromatic rings. The van der Waals surface area contributed by atoms with Gasteiger partial charge in [0.1, 0.15) is 0 Å². The van der Waals surface area contributed by atoms with Crippen LogP contribution >= 0.6 is 0 Å². The number of esters is 1. The maximum Gasteiger partial charge on any atom is 0.309 e. The van der Waals surface area contributed by atoms with Gasteiger partial charge < -0.3 is 9.64 Å². The van der Waals surface area contributed by atoms with Crippen molar-refractivity contribution in [2.45, 2.75) is 47.0 Å². The molecule has 1 atom stereocenters. The van der Waals surface area contributed by atoms with Gasteiger partial charge in [0.05, 0.1) is 13.0 Å². The molecule has 0 bridgehead atoms. The van der Waals surface area contributed by atoms with Gasteiger partial charge in [0.25, 0.3) is 0 Å². The van der Waals surface area contributed by atoms with Gasteiger partial charge in [-0.1, -0.05) is 27.7 Å². The van der Waals surface area contributed by atoms with Gasteiger partial charge in [-0.15, -0.1) is 0 Å². The summed E-state index contributed by atoms with van der Waals surface area (Å²) in [6.07, 6.45) is 1.92. The minimum Gasteiger partial charge on any atom is -0.469 e. The Bertz CT molecular complexity index is 287. The quantitative estimate of drug-likeness (QED) is 0.638. The fraction of sp³-hybridized carbons (Fsp3) is 0.867. The molecule has 0 rings (SSSR count). The standard InChI is InChI=1S/C15H29NO3/c1-11(2)7-8-16(5)14(17)10-13(9-12(3)4)15(18)19-6/h11-13H,7-10H2,1-6H3/t13-/m0/s1. The Kier molecular flexibility index (Phi) is 8.44. The molecule has 0 aromatic carbocycles. The molecule has 0 fully saturated rings. The van der Waals surface area contributed by atoms with Crippen LogP contribution in [0.2, 0.25) is 0 Å². The van der Waals surface area contributed by atoms with Crippen LogP contribution in [0.4, 0.5) is 0 Å². The Morgan fingerprint density at radius 1 is 1.11 bits per heavy atom. The fourth-order valence-corrected chi connectivity index (χ4v) is 1.94. The second-order valence-electron chi connectivity index (χ2n) is 6.05. The van der Waals surface area contributed by atoms with Crippen molar-refractivity contribution in [2.75, 3.05) is 20.7 Å². The highest BCUT2D eigenvalue weighted by Gasteiger charge is 2.25. The maximum atomic E-state index is 12.1. The van der Waals surface area contributed by atoms with Gasteiger partial charge >= 0.3 is 5.97 Å². The van der Waals surface area contributed by atoms with Crippen LogP contribution in [0, 0.1) is 17.8 Å². The first-order valence-corrected chi connectivity index (χ1v) is 7.09. The topological polar surface area (TPSA) is 46.6 Å². The highest BCUT2D eigenvalue weighted by Crippen LogP contribution is 2.18. The van der Waals surface area contributed by atoms with Gasteiger partial charge in [0.2, 0.25) is 5.91 Å². The Labute approximate surface area is 117 Å². The van der Waals surface area contributed by atoms with E-state index in [1.165, 1.54) is 7.11 Å². The molecular weight excluding hydrogens is 242 g/mol. The van der Waals surface area contributed by atoms with E-state index >= 15 is 0 Å². The molecule has 0 heterocycles. The van der Waals surface area contributed by atoms with Crippen molar-refractivity contribution in [2.24, 2.45) is 17.8 Å². The largest absolute Gasteiger partial charge is 0.469 e. The third kappa shape index (κ3) is 7.85. The molecule has 0 radical (unpaired) electrons. The number of amides is 1. The van der Waals surface area contributed by atoms with Crippen LogP contribution < -0.4 is 0 Å². The van der Waals surface area contributed by atoms with Crippen molar-refractivity contribution >= 4 is 11.9 Å². The average molecular weight is 271 g/mol. The first-order valence-electron chi connectivity index (χ1n) is 7.09. The van der Waals surface area contributed by atoms with Crippen molar-refractivity contribution in [3.05, 3.63) is 0 Å². The highest BCUT2D eigenvalue weighted by atomic mass is 16.5. The maximum absolute atomic E-state index is 12.1. The molecule has 19 heavy (non-hydrogen) atoms. The molecule has 4 nitrogen and oxygen atoms in total. The molecule has 4 heteroatoms. The molecule has 112 valence electrons. The number of ether oxygens (including phenoxy) is 1. The molecule has 0 spiro atoms. The predicted octanol–water partition coefficient (Wildman–Crippen LogP) is 2.72. The van der Waals surface area contributed by atoms with Gasteiger partial charge in [-0.3, -0.25) is 9.59 Å². The van der Waals surface area contributed by atoms with E-state index in [4.69, 9.17) is 4.74 Å². The van der Waals surface area contributed by atoms with Crippen molar-refractivity contribution in [3.63, 3.8) is 0 Å². The summed E-state index contributed by atoms with van der Waals surface area (Å²) in [7, 11) is 3.18. The zero-order chi connectivity index (χ0) is 15.0. The van der Waals surface area contributed by atoms with Crippen LogP contribution in [0.3, 0.4) is 0 Å². The van der Waals surface area contributed by atoms with E-state index in [1.54, 1.807) is 11.9 Å². The van der Waals surface area contributed by atoms with E-state index in [2.05, 4.69) is 13.8 Å². The van der Waals surface area contributed by atoms with Crippen molar-refractivity contribution in [1.29, 1.82) is 0 Å². The monoisotopic (exact) mass is 271 g/mol. The van der Waals surface area contributed by atoms with Gasteiger partial charge in [-0.05, 0) is 24.7 Å². The van der Waals surface area contributed by atoms with E-state index in [-0.39, 0.29) is 24.2 Å². The Balaban J connectivity index is 4.40. The van der Waals surface area contributed by atoms with Crippen LogP contribution in [-0.4, -0.2) is 37.5 Å². The minimum absolute atomic E-state index is 0.0247. The Morgan fingerprint density at radius 3 is 2.11 bits per heavy atom. The van der Waals surface area contributed by atoms with Crippen LogP contribution in [-0.2, 0) is 14.3 Å². The zero-order valence-corrected chi connectivity index (χ0v) is 13.2. The van der Waals surface area contributed by atoms with Gasteiger partial charge in [0, 0.05) is 20.0 Å².